The average molecular weight is 579 g/mol. The maximum atomic E-state index is 12.7. The molecule has 3 N–H and O–H groups in total. The molecule has 0 bridgehead atoms. The third kappa shape index (κ3) is 16.4. The molecule has 0 fully saturated rings. The van der Waals surface area contributed by atoms with Crippen LogP contribution in [-0.2, 0) is 19.2 Å². The molecule has 4 amide bonds. The van der Waals surface area contributed by atoms with E-state index in [2.05, 4.69) is 30.7 Å². The number of amides is 4. The molecular formula is C32H58N4O5. The van der Waals surface area contributed by atoms with Crippen LogP contribution in [0, 0.1) is 0 Å². The lowest BCUT2D eigenvalue weighted by Gasteiger charge is -2.27. The second-order valence-corrected chi connectivity index (χ2v) is 11.1. The number of rotatable bonds is 24. The van der Waals surface area contributed by atoms with Gasteiger partial charge in [0.05, 0.1) is 19.2 Å². The Bertz CT molecular complexity index is 816. The van der Waals surface area contributed by atoms with Crippen LogP contribution in [0.3, 0.4) is 0 Å². The number of nitrogens with zero attached hydrogens (tertiary/aromatic N) is 2. The van der Waals surface area contributed by atoms with Gasteiger partial charge in [-0.25, -0.2) is 0 Å². The van der Waals surface area contributed by atoms with Gasteiger partial charge in [0, 0.05) is 20.5 Å². The summed E-state index contributed by atoms with van der Waals surface area (Å²) in [6, 6.07) is -2.33. The van der Waals surface area contributed by atoms with Crippen molar-refractivity contribution in [2.75, 3.05) is 27.2 Å². The number of aliphatic hydroxyl groups excluding tert-OH is 1. The molecule has 0 saturated heterocycles. The summed E-state index contributed by atoms with van der Waals surface area (Å²) in [5, 5.41) is 14.8. The highest BCUT2D eigenvalue weighted by molar-refractivity contribution is 5.93. The number of carbonyl (C=O) groups excluding carboxylic acids is 4. The number of unbranched alkanes of at least 4 members (excludes halogenated alkanes) is 12. The molecule has 0 aliphatic rings. The molecule has 9 heteroatoms. The summed E-state index contributed by atoms with van der Waals surface area (Å²) in [5.41, 5.74) is 0.676. The summed E-state index contributed by atoms with van der Waals surface area (Å²) in [6.07, 6.45) is 17.7. The van der Waals surface area contributed by atoms with Crippen LogP contribution in [-0.4, -0.2) is 83.9 Å². The molecule has 0 aliphatic heterocycles. The third-order valence-corrected chi connectivity index (χ3v) is 7.77. The molecule has 0 aromatic carbocycles. The molecule has 3 atom stereocenters. The molecule has 0 saturated carbocycles. The van der Waals surface area contributed by atoms with E-state index in [0.29, 0.717) is 12.0 Å². The molecule has 0 radical (unpaired) electrons. The van der Waals surface area contributed by atoms with E-state index in [-0.39, 0.29) is 24.4 Å². The molecule has 0 aromatic heterocycles. The molecule has 0 aliphatic carbocycles. The van der Waals surface area contributed by atoms with Crippen molar-refractivity contribution in [3.8, 4) is 0 Å². The minimum absolute atomic E-state index is 0.219. The summed E-state index contributed by atoms with van der Waals surface area (Å²) in [4.78, 5) is 52.9. The first-order chi connectivity index (χ1) is 19.5. The normalized spacial score (nSPS) is 13.0. The van der Waals surface area contributed by atoms with E-state index >= 15 is 0 Å². The van der Waals surface area contributed by atoms with Gasteiger partial charge in [-0.1, -0.05) is 103 Å². The van der Waals surface area contributed by atoms with Gasteiger partial charge in [0.15, 0.2) is 0 Å². The van der Waals surface area contributed by atoms with E-state index in [4.69, 9.17) is 0 Å². The second kappa shape index (κ2) is 22.9. The van der Waals surface area contributed by atoms with E-state index in [1.807, 2.05) is 0 Å². The van der Waals surface area contributed by atoms with Crippen LogP contribution >= 0.6 is 0 Å². The van der Waals surface area contributed by atoms with Gasteiger partial charge in [-0.2, -0.15) is 0 Å². The first-order valence-electron chi connectivity index (χ1n) is 15.5. The van der Waals surface area contributed by atoms with Crippen molar-refractivity contribution < 1.29 is 24.3 Å². The Morgan fingerprint density at radius 2 is 1.27 bits per heavy atom. The minimum Gasteiger partial charge on any atom is -0.394 e. The highest BCUT2D eigenvalue weighted by atomic mass is 16.3. The van der Waals surface area contributed by atoms with Crippen molar-refractivity contribution in [3.63, 3.8) is 0 Å². The standard InChI is InChI=1S/C32H58N4O5/c1-8-10-11-12-13-14-15-16-17-18-19-20-21-22-29(38)36(7)28(24-37)32(41)34-26(4)31(40)33-23-30(39)35(6)27(5)25(3)9-2/h9,26-28,37H,2-3,8,10-24H2,1,4-7H3,(H,33,40)(H,34,41)/t26-,27-,28-/m1/s1. The molecule has 0 heterocycles. The largest absolute Gasteiger partial charge is 0.394 e. The smallest absolute Gasteiger partial charge is 0.245 e. The van der Waals surface area contributed by atoms with E-state index in [9.17, 15) is 24.3 Å². The first kappa shape index (κ1) is 38.3. The number of hydrogen-bond donors (Lipinski definition) is 3. The van der Waals surface area contributed by atoms with Crippen molar-refractivity contribution >= 4 is 23.6 Å². The lowest BCUT2D eigenvalue weighted by molar-refractivity contribution is -0.141. The van der Waals surface area contributed by atoms with Gasteiger partial charge in [0.25, 0.3) is 0 Å². The molecule has 0 aromatic rings. The summed E-state index contributed by atoms with van der Waals surface area (Å²) >= 11 is 0. The van der Waals surface area contributed by atoms with Gasteiger partial charge in [0.1, 0.15) is 12.1 Å². The van der Waals surface area contributed by atoms with Crippen molar-refractivity contribution in [1.29, 1.82) is 0 Å². The number of carbonyl (C=O) groups is 4. The molecule has 0 unspecified atom stereocenters. The van der Waals surface area contributed by atoms with E-state index in [1.165, 1.54) is 88.0 Å². The van der Waals surface area contributed by atoms with Crippen molar-refractivity contribution in [1.82, 2.24) is 20.4 Å². The highest BCUT2D eigenvalue weighted by Gasteiger charge is 2.28. The zero-order chi connectivity index (χ0) is 31.2. The molecule has 9 nitrogen and oxygen atoms in total. The quantitative estimate of drug-likeness (QED) is 0.115. The van der Waals surface area contributed by atoms with Crippen LogP contribution in [0.15, 0.2) is 24.8 Å². The molecular weight excluding hydrogens is 520 g/mol. The Morgan fingerprint density at radius 1 is 0.780 bits per heavy atom. The van der Waals surface area contributed by atoms with Gasteiger partial charge in [-0.05, 0) is 25.8 Å². The topological polar surface area (TPSA) is 119 Å². The van der Waals surface area contributed by atoms with Crippen LogP contribution < -0.4 is 10.6 Å². The molecule has 0 spiro atoms. The second-order valence-electron chi connectivity index (χ2n) is 11.1. The van der Waals surface area contributed by atoms with Crippen LogP contribution in [0.25, 0.3) is 0 Å². The number of hydrogen-bond acceptors (Lipinski definition) is 5. The van der Waals surface area contributed by atoms with E-state index < -0.39 is 30.5 Å². The lowest BCUT2D eigenvalue weighted by atomic mass is 10.0. The van der Waals surface area contributed by atoms with Crippen LogP contribution in [0.4, 0.5) is 0 Å². The number of aliphatic hydroxyl groups is 1. The molecule has 41 heavy (non-hydrogen) atoms. The number of likely N-dealkylation sites (N-methyl/N-ethyl adjacent to an activating group) is 2. The van der Waals surface area contributed by atoms with Gasteiger partial charge < -0.3 is 25.5 Å². The van der Waals surface area contributed by atoms with Gasteiger partial charge in [-0.15, -0.1) is 0 Å². The van der Waals surface area contributed by atoms with E-state index in [1.54, 1.807) is 20.0 Å². The fraction of sp³-hybridized carbons (Fsp3) is 0.750. The summed E-state index contributed by atoms with van der Waals surface area (Å²) in [5.74, 6) is -1.72. The Hall–Kier alpha value is -2.68. The van der Waals surface area contributed by atoms with Crippen LogP contribution in [0.5, 0.6) is 0 Å². The molecule has 236 valence electrons. The van der Waals surface area contributed by atoms with Crippen LogP contribution in [0.2, 0.25) is 0 Å². The minimum atomic E-state index is -1.10. The average Bonchev–Trinajstić information content (AvgIpc) is 2.96. The van der Waals surface area contributed by atoms with Crippen molar-refractivity contribution in [3.05, 3.63) is 24.8 Å². The third-order valence-electron chi connectivity index (χ3n) is 7.77. The predicted octanol–water partition coefficient (Wildman–Crippen LogP) is 4.50. The molecule has 0 rings (SSSR count). The summed E-state index contributed by atoms with van der Waals surface area (Å²) in [7, 11) is 3.10. The van der Waals surface area contributed by atoms with Gasteiger partial charge in [-0.3, -0.25) is 19.2 Å². The van der Waals surface area contributed by atoms with Crippen molar-refractivity contribution in [2.45, 2.75) is 129 Å². The maximum absolute atomic E-state index is 12.7. The fourth-order valence-electron chi connectivity index (χ4n) is 4.48. The lowest BCUT2D eigenvalue weighted by Crippen LogP contribution is -2.55. The Kier molecular flexibility index (Phi) is 21.4. The fourth-order valence-corrected chi connectivity index (χ4v) is 4.48. The monoisotopic (exact) mass is 578 g/mol. The van der Waals surface area contributed by atoms with Crippen molar-refractivity contribution in [2.24, 2.45) is 0 Å². The Balaban J connectivity index is 4.31. The van der Waals surface area contributed by atoms with Gasteiger partial charge >= 0.3 is 0 Å². The first-order valence-corrected chi connectivity index (χ1v) is 15.5. The zero-order valence-electron chi connectivity index (χ0n) is 26.5. The maximum Gasteiger partial charge on any atom is 0.245 e. The number of nitrogens with one attached hydrogen (secondary N) is 2. The predicted molar refractivity (Wildman–Crippen MR) is 166 cm³/mol. The zero-order valence-corrected chi connectivity index (χ0v) is 26.5. The Morgan fingerprint density at radius 3 is 1.73 bits per heavy atom. The Labute approximate surface area is 249 Å². The summed E-state index contributed by atoms with van der Waals surface area (Å²) in [6.45, 7) is 12.2. The highest BCUT2D eigenvalue weighted by Crippen LogP contribution is 2.14. The SMILES string of the molecule is C=CC(=C)[C@@H](C)N(C)C(=O)CNC(=O)[C@@H](C)NC(=O)[C@@H](CO)N(C)C(=O)CCCCCCCCCCCCCCC. The van der Waals surface area contributed by atoms with Gasteiger partial charge in [0.2, 0.25) is 23.6 Å². The summed E-state index contributed by atoms with van der Waals surface area (Å²) < 4.78 is 0. The van der Waals surface area contributed by atoms with Crippen LogP contribution in [0.1, 0.15) is 111 Å². The van der Waals surface area contributed by atoms with E-state index in [0.717, 1.165) is 19.3 Å².